The maximum absolute atomic E-state index is 11.1. The van der Waals surface area contributed by atoms with Crippen LogP contribution in [0.5, 0.6) is 0 Å². The van der Waals surface area contributed by atoms with Gasteiger partial charge in [-0.15, -0.1) is 0 Å². The van der Waals surface area contributed by atoms with Gasteiger partial charge in [0.05, 0.1) is 12.6 Å². The number of ether oxygens (including phenoxy) is 1. The molecule has 74 valence electrons. The topological polar surface area (TPSA) is 38.3 Å². The molecule has 0 aromatic rings. The van der Waals surface area contributed by atoms with Gasteiger partial charge in [0, 0.05) is 6.08 Å². The Labute approximate surface area is 79.2 Å². The van der Waals surface area contributed by atoms with Crippen LogP contribution in [-0.4, -0.2) is 18.6 Å². The van der Waals surface area contributed by atoms with Gasteiger partial charge in [0.15, 0.2) is 0 Å². The number of rotatable bonds is 4. The van der Waals surface area contributed by atoms with Gasteiger partial charge in [0.2, 0.25) is 5.91 Å². The first kappa shape index (κ1) is 10.1. The van der Waals surface area contributed by atoms with Gasteiger partial charge in [0.25, 0.3) is 0 Å². The molecule has 0 radical (unpaired) electrons. The summed E-state index contributed by atoms with van der Waals surface area (Å²) in [5, 5.41) is 2.86. The van der Waals surface area contributed by atoms with Crippen LogP contribution in [0.3, 0.4) is 0 Å². The van der Waals surface area contributed by atoms with Crippen LogP contribution in [0.15, 0.2) is 11.8 Å². The lowest BCUT2D eigenvalue weighted by atomic mass is 10.0. The highest BCUT2D eigenvalue weighted by molar-refractivity contribution is 5.91. The van der Waals surface area contributed by atoms with Crippen LogP contribution in [0, 0.1) is 5.92 Å². The van der Waals surface area contributed by atoms with Crippen molar-refractivity contribution >= 4 is 5.91 Å². The zero-order valence-corrected chi connectivity index (χ0v) is 8.46. The number of carbonyl (C=O) groups is 1. The van der Waals surface area contributed by atoms with Crippen LogP contribution in [0.2, 0.25) is 0 Å². The molecular formula is C10H17NO2. The fourth-order valence-corrected chi connectivity index (χ4v) is 1.47. The molecular weight excluding hydrogens is 166 g/mol. The highest BCUT2D eigenvalue weighted by atomic mass is 16.5. The van der Waals surface area contributed by atoms with Crippen molar-refractivity contribution in [2.75, 3.05) is 6.61 Å². The lowest BCUT2D eigenvalue weighted by Crippen LogP contribution is -2.30. The Balaban J connectivity index is 2.55. The summed E-state index contributed by atoms with van der Waals surface area (Å²) in [5.74, 6) is 1.32. The summed E-state index contributed by atoms with van der Waals surface area (Å²) in [5.41, 5.74) is 0. The van der Waals surface area contributed by atoms with E-state index in [1.807, 2.05) is 6.92 Å². The van der Waals surface area contributed by atoms with Crippen molar-refractivity contribution in [2.45, 2.75) is 33.2 Å². The van der Waals surface area contributed by atoms with Crippen molar-refractivity contribution < 1.29 is 9.53 Å². The highest BCUT2D eigenvalue weighted by Crippen LogP contribution is 2.17. The molecule has 13 heavy (non-hydrogen) atoms. The van der Waals surface area contributed by atoms with Gasteiger partial charge in [-0.3, -0.25) is 4.79 Å². The summed E-state index contributed by atoms with van der Waals surface area (Å²) in [6.07, 6.45) is 2.49. The summed E-state index contributed by atoms with van der Waals surface area (Å²) in [7, 11) is 0. The smallest absolute Gasteiger partial charge is 0.248 e. The molecule has 1 rings (SSSR count). The van der Waals surface area contributed by atoms with E-state index in [1.54, 1.807) is 6.08 Å². The van der Waals surface area contributed by atoms with Gasteiger partial charge in [0.1, 0.15) is 5.76 Å². The molecule has 1 heterocycles. The molecule has 1 amide bonds. The van der Waals surface area contributed by atoms with Crippen LogP contribution >= 0.6 is 0 Å². The molecule has 0 aromatic heterocycles. The molecule has 0 fully saturated rings. The van der Waals surface area contributed by atoms with E-state index in [2.05, 4.69) is 19.2 Å². The third kappa shape index (κ3) is 2.76. The molecule has 0 unspecified atom stereocenters. The van der Waals surface area contributed by atoms with Gasteiger partial charge in [-0.2, -0.15) is 0 Å². The van der Waals surface area contributed by atoms with Gasteiger partial charge in [-0.05, 0) is 19.3 Å². The van der Waals surface area contributed by atoms with Crippen LogP contribution in [0.25, 0.3) is 0 Å². The fraction of sp³-hybridized carbons (Fsp3) is 0.700. The van der Waals surface area contributed by atoms with E-state index >= 15 is 0 Å². The summed E-state index contributed by atoms with van der Waals surface area (Å²) >= 11 is 0. The summed E-state index contributed by atoms with van der Waals surface area (Å²) in [4.78, 5) is 11.1. The number of carbonyl (C=O) groups excluding carboxylic acids is 1. The monoisotopic (exact) mass is 183 g/mol. The standard InChI is InChI=1S/C10H17NO2/c1-4-13-9-6-10(12)11-8(9)5-7(2)3/h6-8H,4-5H2,1-3H3,(H,11,12)/t8-/m0/s1. The Morgan fingerprint density at radius 1 is 1.62 bits per heavy atom. The normalized spacial score (nSPS) is 21.7. The molecule has 0 bridgehead atoms. The first-order valence-corrected chi connectivity index (χ1v) is 4.78. The first-order chi connectivity index (χ1) is 6.13. The van der Waals surface area contributed by atoms with Crippen LogP contribution in [-0.2, 0) is 9.53 Å². The molecule has 0 aromatic carbocycles. The second kappa shape index (κ2) is 4.30. The molecule has 3 nitrogen and oxygen atoms in total. The van der Waals surface area contributed by atoms with E-state index in [9.17, 15) is 4.79 Å². The molecule has 1 aliphatic heterocycles. The van der Waals surface area contributed by atoms with Crippen molar-refractivity contribution in [1.29, 1.82) is 0 Å². The lowest BCUT2D eigenvalue weighted by molar-refractivity contribution is -0.116. The molecule has 0 saturated heterocycles. The Kier molecular flexibility index (Phi) is 3.34. The highest BCUT2D eigenvalue weighted by Gasteiger charge is 2.25. The van der Waals surface area contributed by atoms with Gasteiger partial charge in [-0.25, -0.2) is 0 Å². The van der Waals surface area contributed by atoms with Gasteiger partial charge in [-0.1, -0.05) is 13.8 Å². The van der Waals surface area contributed by atoms with E-state index in [4.69, 9.17) is 4.74 Å². The SMILES string of the molecule is CCOC1=CC(=O)N[C@H]1CC(C)C. The maximum Gasteiger partial charge on any atom is 0.248 e. The summed E-state index contributed by atoms with van der Waals surface area (Å²) < 4.78 is 5.36. The lowest BCUT2D eigenvalue weighted by Gasteiger charge is -2.17. The quantitative estimate of drug-likeness (QED) is 0.716. The Hall–Kier alpha value is -0.990. The van der Waals surface area contributed by atoms with Crippen molar-refractivity contribution in [2.24, 2.45) is 5.92 Å². The van der Waals surface area contributed by atoms with Crippen molar-refractivity contribution in [3.8, 4) is 0 Å². The van der Waals surface area contributed by atoms with E-state index in [1.165, 1.54) is 0 Å². The van der Waals surface area contributed by atoms with E-state index in [0.717, 1.165) is 12.2 Å². The zero-order valence-electron chi connectivity index (χ0n) is 8.46. The number of hydrogen-bond acceptors (Lipinski definition) is 2. The summed E-state index contributed by atoms with van der Waals surface area (Å²) in [6, 6.07) is 0.0902. The Morgan fingerprint density at radius 3 is 2.85 bits per heavy atom. The Bertz CT molecular complexity index is 221. The van der Waals surface area contributed by atoms with Crippen LogP contribution in [0.1, 0.15) is 27.2 Å². The van der Waals surface area contributed by atoms with E-state index in [-0.39, 0.29) is 11.9 Å². The van der Waals surface area contributed by atoms with Gasteiger partial charge < -0.3 is 10.1 Å². The van der Waals surface area contributed by atoms with E-state index < -0.39 is 0 Å². The van der Waals surface area contributed by atoms with Crippen molar-refractivity contribution in [1.82, 2.24) is 5.32 Å². The van der Waals surface area contributed by atoms with Crippen molar-refractivity contribution in [3.05, 3.63) is 11.8 Å². The van der Waals surface area contributed by atoms with Crippen LogP contribution < -0.4 is 5.32 Å². The van der Waals surface area contributed by atoms with E-state index in [0.29, 0.717) is 12.5 Å². The molecule has 1 atom stereocenters. The molecule has 3 heteroatoms. The Morgan fingerprint density at radius 2 is 2.31 bits per heavy atom. The number of amides is 1. The predicted octanol–water partition coefficient (Wildman–Crippen LogP) is 1.45. The summed E-state index contributed by atoms with van der Waals surface area (Å²) in [6.45, 7) is 6.81. The molecule has 1 aliphatic rings. The minimum absolute atomic E-state index is 0.0332. The predicted molar refractivity (Wildman–Crippen MR) is 51.1 cm³/mol. The minimum atomic E-state index is -0.0332. The second-order valence-corrected chi connectivity index (χ2v) is 3.67. The van der Waals surface area contributed by atoms with Crippen molar-refractivity contribution in [3.63, 3.8) is 0 Å². The third-order valence-corrected chi connectivity index (χ3v) is 1.95. The third-order valence-electron chi connectivity index (χ3n) is 1.95. The maximum atomic E-state index is 11.1. The van der Waals surface area contributed by atoms with Gasteiger partial charge >= 0.3 is 0 Å². The minimum Gasteiger partial charge on any atom is -0.496 e. The fourth-order valence-electron chi connectivity index (χ4n) is 1.47. The molecule has 1 N–H and O–H groups in total. The molecule has 0 spiro atoms. The average Bonchev–Trinajstić information content (AvgIpc) is 2.31. The number of nitrogens with one attached hydrogen (secondary N) is 1. The molecule has 0 saturated carbocycles. The second-order valence-electron chi connectivity index (χ2n) is 3.67. The first-order valence-electron chi connectivity index (χ1n) is 4.78. The largest absolute Gasteiger partial charge is 0.496 e. The number of hydrogen-bond donors (Lipinski definition) is 1. The average molecular weight is 183 g/mol. The molecule has 0 aliphatic carbocycles. The van der Waals surface area contributed by atoms with Crippen LogP contribution in [0.4, 0.5) is 0 Å². The zero-order chi connectivity index (χ0) is 9.84.